The number of primary amides is 1. The van der Waals surface area contributed by atoms with E-state index < -0.39 is 5.91 Å². The van der Waals surface area contributed by atoms with E-state index >= 15 is 0 Å². The van der Waals surface area contributed by atoms with Gasteiger partial charge in [-0.3, -0.25) is 14.5 Å². The van der Waals surface area contributed by atoms with Crippen LogP contribution in [0.4, 0.5) is 0 Å². The minimum atomic E-state index is -0.448. The standard InChI is InChI=1S/C14H18Cl2N2O2/c1-2-3-6-18(9-14(17)20)8-13(19)11-5-4-10(15)7-12(11)16/h4-5,7H,2-3,6,8-9H2,1H3,(H2,17,20). The van der Waals surface area contributed by atoms with Crippen LogP contribution < -0.4 is 5.73 Å². The maximum atomic E-state index is 12.2. The summed E-state index contributed by atoms with van der Waals surface area (Å²) >= 11 is 11.8. The molecule has 0 aliphatic heterocycles. The van der Waals surface area contributed by atoms with Crippen molar-refractivity contribution in [1.29, 1.82) is 0 Å². The molecule has 0 radical (unpaired) electrons. The summed E-state index contributed by atoms with van der Waals surface area (Å²) in [5.41, 5.74) is 5.60. The number of hydrogen-bond acceptors (Lipinski definition) is 3. The topological polar surface area (TPSA) is 63.4 Å². The molecule has 4 nitrogen and oxygen atoms in total. The first kappa shape index (κ1) is 17.0. The number of halogens is 2. The van der Waals surface area contributed by atoms with E-state index in [0.29, 0.717) is 22.2 Å². The van der Waals surface area contributed by atoms with Crippen molar-refractivity contribution < 1.29 is 9.59 Å². The molecule has 0 fully saturated rings. The molecule has 0 aliphatic rings. The molecule has 1 rings (SSSR count). The molecule has 0 heterocycles. The maximum Gasteiger partial charge on any atom is 0.231 e. The normalized spacial score (nSPS) is 10.8. The molecule has 0 saturated carbocycles. The van der Waals surface area contributed by atoms with E-state index in [1.807, 2.05) is 6.92 Å². The highest BCUT2D eigenvalue weighted by Gasteiger charge is 2.16. The highest BCUT2D eigenvalue weighted by atomic mass is 35.5. The molecule has 110 valence electrons. The molecule has 1 aromatic carbocycles. The predicted octanol–water partition coefficient (Wildman–Crippen LogP) is 2.76. The number of amides is 1. The van der Waals surface area contributed by atoms with Gasteiger partial charge in [-0.05, 0) is 31.2 Å². The number of benzene rings is 1. The van der Waals surface area contributed by atoms with Crippen molar-refractivity contribution in [3.8, 4) is 0 Å². The number of carbonyl (C=O) groups is 2. The Hall–Kier alpha value is -1.10. The smallest absolute Gasteiger partial charge is 0.231 e. The molecule has 0 spiro atoms. The molecule has 1 aromatic rings. The summed E-state index contributed by atoms with van der Waals surface area (Å²) in [6.45, 7) is 2.87. The number of carbonyl (C=O) groups excluding carboxylic acids is 2. The quantitative estimate of drug-likeness (QED) is 0.750. The minimum absolute atomic E-state index is 0.0664. The van der Waals surface area contributed by atoms with E-state index in [9.17, 15) is 9.59 Å². The average molecular weight is 317 g/mol. The van der Waals surface area contributed by atoms with E-state index in [1.54, 1.807) is 17.0 Å². The largest absolute Gasteiger partial charge is 0.369 e. The maximum absolute atomic E-state index is 12.2. The second-order valence-electron chi connectivity index (χ2n) is 4.58. The Morgan fingerprint density at radius 2 is 1.95 bits per heavy atom. The summed E-state index contributed by atoms with van der Waals surface area (Å²) in [5, 5.41) is 0.795. The van der Waals surface area contributed by atoms with Crippen LogP contribution in [0.2, 0.25) is 10.0 Å². The van der Waals surface area contributed by atoms with E-state index in [1.165, 1.54) is 6.07 Å². The van der Waals surface area contributed by atoms with Gasteiger partial charge in [0.25, 0.3) is 0 Å². The molecule has 0 bridgehead atoms. The van der Waals surface area contributed by atoms with E-state index in [2.05, 4.69) is 0 Å². The lowest BCUT2D eigenvalue weighted by Gasteiger charge is -2.19. The van der Waals surface area contributed by atoms with Crippen LogP contribution in [0, 0.1) is 0 Å². The third kappa shape index (κ3) is 5.49. The summed E-state index contributed by atoms with van der Waals surface area (Å²) in [6.07, 6.45) is 1.88. The summed E-state index contributed by atoms with van der Waals surface area (Å²) in [6, 6.07) is 4.74. The van der Waals surface area contributed by atoms with Crippen molar-refractivity contribution in [2.75, 3.05) is 19.6 Å². The van der Waals surface area contributed by atoms with Crippen LogP contribution in [0.5, 0.6) is 0 Å². The van der Waals surface area contributed by atoms with Gasteiger partial charge in [0, 0.05) is 10.6 Å². The Morgan fingerprint density at radius 1 is 1.25 bits per heavy atom. The second-order valence-corrected chi connectivity index (χ2v) is 5.42. The van der Waals surface area contributed by atoms with Crippen molar-refractivity contribution >= 4 is 34.9 Å². The summed E-state index contributed by atoms with van der Waals surface area (Å²) in [7, 11) is 0. The zero-order chi connectivity index (χ0) is 15.1. The van der Waals surface area contributed by atoms with Crippen molar-refractivity contribution in [2.45, 2.75) is 19.8 Å². The highest BCUT2D eigenvalue weighted by molar-refractivity contribution is 6.36. The zero-order valence-corrected chi connectivity index (χ0v) is 12.9. The Balaban J connectivity index is 2.75. The fourth-order valence-electron chi connectivity index (χ4n) is 1.82. The number of unbranched alkanes of at least 4 members (excludes halogenated alkanes) is 1. The first-order valence-corrected chi connectivity index (χ1v) is 7.18. The Morgan fingerprint density at radius 3 is 2.50 bits per heavy atom. The monoisotopic (exact) mass is 316 g/mol. The number of ketones is 1. The molecular weight excluding hydrogens is 299 g/mol. The highest BCUT2D eigenvalue weighted by Crippen LogP contribution is 2.21. The first-order valence-electron chi connectivity index (χ1n) is 6.43. The number of nitrogens with zero attached hydrogens (tertiary/aromatic N) is 1. The molecule has 1 amide bonds. The van der Waals surface area contributed by atoms with Gasteiger partial charge in [0.05, 0.1) is 18.1 Å². The molecule has 2 N–H and O–H groups in total. The van der Waals surface area contributed by atoms with Crippen LogP contribution in [-0.2, 0) is 4.79 Å². The molecule has 0 aromatic heterocycles. The van der Waals surface area contributed by atoms with E-state index in [-0.39, 0.29) is 18.9 Å². The molecule has 0 atom stereocenters. The molecule has 20 heavy (non-hydrogen) atoms. The van der Waals surface area contributed by atoms with Crippen molar-refractivity contribution in [2.24, 2.45) is 5.73 Å². The molecule has 6 heteroatoms. The SMILES string of the molecule is CCCCN(CC(N)=O)CC(=O)c1ccc(Cl)cc1Cl. The number of hydrogen-bond donors (Lipinski definition) is 1. The fraction of sp³-hybridized carbons (Fsp3) is 0.429. The van der Waals surface area contributed by atoms with Gasteiger partial charge in [0.2, 0.25) is 5.91 Å². The van der Waals surface area contributed by atoms with Gasteiger partial charge in [0.1, 0.15) is 0 Å². The van der Waals surface area contributed by atoms with Crippen molar-refractivity contribution in [3.05, 3.63) is 33.8 Å². The number of nitrogens with two attached hydrogens (primary N) is 1. The van der Waals surface area contributed by atoms with Crippen LogP contribution in [0.3, 0.4) is 0 Å². The molecule has 0 unspecified atom stereocenters. The minimum Gasteiger partial charge on any atom is -0.369 e. The Bertz CT molecular complexity index is 492. The number of rotatable bonds is 8. The number of Topliss-reactive ketones (excluding diaryl/α,β-unsaturated/α-hetero) is 1. The van der Waals surface area contributed by atoms with Crippen LogP contribution in [-0.4, -0.2) is 36.2 Å². The average Bonchev–Trinajstić information content (AvgIpc) is 2.35. The van der Waals surface area contributed by atoms with Crippen LogP contribution in [0.25, 0.3) is 0 Å². The summed E-state index contributed by atoms with van der Waals surface area (Å²) < 4.78 is 0. The fourth-order valence-corrected chi connectivity index (χ4v) is 2.33. The van der Waals surface area contributed by atoms with Crippen molar-refractivity contribution in [3.63, 3.8) is 0 Å². The van der Waals surface area contributed by atoms with Gasteiger partial charge in [-0.2, -0.15) is 0 Å². The first-order chi connectivity index (χ1) is 9.43. The van der Waals surface area contributed by atoms with Gasteiger partial charge in [-0.1, -0.05) is 36.5 Å². The van der Waals surface area contributed by atoms with Gasteiger partial charge >= 0.3 is 0 Å². The lowest BCUT2D eigenvalue weighted by atomic mass is 10.1. The third-order valence-corrected chi connectivity index (χ3v) is 3.35. The third-order valence-electron chi connectivity index (χ3n) is 2.81. The molecular formula is C14H18Cl2N2O2. The van der Waals surface area contributed by atoms with Gasteiger partial charge in [-0.15, -0.1) is 0 Å². The lowest BCUT2D eigenvalue weighted by Crippen LogP contribution is -2.38. The Kier molecular flexibility index (Phi) is 6.99. The van der Waals surface area contributed by atoms with Gasteiger partial charge in [-0.25, -0.2) is 0 Å². The predicted molar refractivity (Wildman–Crippen MR) is 81.3 cm³/mol. The zero-order valence-electron chi connectivity index (χ0n) is 11.4. The van der Waals surface area contributed by atoms with Crippen LogP contribution in [0.1, 0.15) is 30.1 Å². The molecule has 0 aliphatic carbocycles. The van der Waals surface area contributed by atoms with Crippen LogP contribution in [0.15, 0.2) is 18.2 Å². The van der Waals surface area contributed by atoms with Gasteiger partial charge in [0.15, 0.2) is 5.78 Å². The second kappa shape index (κ2) is 8.25. The summed E-state index contributed by atoms with van der Waals surface area (Å²) in [5.74, 6) is -0.597. The summed E-state index contributed by atoms with van der Waals surface area (Å²) in [4.78, 5) is 25.0. The van der Waals surface area contributed by atoms with E-state index in [4.69, 9.17) is 28.9 Å². The van der Waals surface area contributed by atoms with E-state index in [0.717, 1.165) is 12.8 Å². The van der Waals surface area contributed by atoms with Gasteiger partial charge < -0.3 is 5.73 Å². The Labute approximate surface area is 128 Å². The van der Waals surface area contributed by atoms with Crippen molar-refractivity contribution in [1.82, 2.24) is 4.90 Å². The lowest BCUT2D eigenvalue weighted by molar-refractivity contribution is -0.119. The van der Waals surface area contributed by atoms with Crippen LogP contribution >= 0.6 is 23.2 Å². The molecule has 0 saturated heterocycles.